The van der Waals surface area contributed by atoms with Crippen LogP contribution in [0.2, 0.25) is 0 Å². The number of ether oxygens (including phenoxy) is 5. The van der Waals surface area contributed by atoms with E-state index in [1.54, 1.807) is 23.1 Å². The maximum atomic E-state index is 14.0. The van der Waals surface area contributed by atoms with Gasteiger partial charge in [-0.1, -0.05) is 6.07 Å². The van der Waals surface area contributed by atoms with E-state index in [1.165, 1.54) is 19.3 Å². The first-order chi connectivity index (χ1) is 20.8. The Labute approximate surface area is 262 Å². The first-order valence-corrected chi connectivity index (χ1v) is 15.0. The molecular formula is C30H33IN2O10. The van der Waals surface area contributed by atoms with Gasteiger partial charge in [0.15, 0.2) is 23.0 Å². The molecule has 0 aromatic heterocycles. The van der Waals surface area contributed by atoms with Crippen LogP contribution in [-0.4, -0.2) is 91.2 Å². The maximum Gasteiger partial charge on any atom is 0.252 e. The van der Waals surface area contributed by atoms with E-state index < -0.39 is 30.3 Å². The highest BCUT2D eigenvalue weighted by molar-refractivity contribution is 14.1. The number of methoxy groups -OCH3 is 1. The van der Waals surface area contributed by atoms with E-state index in [9.17, 15) is 24.6 Å². The van der Waals surface area contributed by atoms with Crippen molar-refractivity contribution in [2.45, 2.75) is 50.2 Å². The van der Waals surface area contributed by atoms with Crippen LogP contribution in [0.1, 0.15) is 35.2 Å². The molecule has 4 unspecified atom stereocenters. The van der Waals surface area contributed by atoms with Crippen molar-refractivity contribution in [1.82, 2.24) is 10.2 Å². The number of nitrogens with one attached hydrogen (secondary N) is 1. The van der Waals surface area contributed by atoms with Gasteiger partial charge in [0.2, 0.25) is 12.7 Å². The molecule has 1 fully saturated rings. The molecule has 2 aliphatic heterocycles. The highest BCUT2D eigenvalue weighted by atomic mass is 127. The van der Waals surface area contributed by atoms with Crippen LogP contribution in [0.15, 0.2) is 42.0 Å². The van der Waals surface area contributed by atoms with Crippen LogP contribution in [0.3, 0.4) is 0 Å². The lowest BCUT2D eigenvalue weighted by Crippen LogP contribution is -2.56. The second-order valence-corrected chi connectivity index (χ2v) is 11.5. The van der Waals surface area contributed by atoms with E-state index in [4.69, 9.17) is 23.7 Å². The SMILES string of the molecule is COc1cc(C=O)cc(I)c1OC1C=C(C(=O)NCCO)CC(N(Cc2ccc3c(c2)OCO3)C(=O)C2CCCO2)C1O. The molecule has 2 amide bonds. The fourth-order valence-corrected chi connectivity index (χ4v) is 6.14. The van der Waals surface area contributed by atoms with E-state index in [0.29, 0.717) is 39.9 Å². The number of hydrogen-bond acceptors (Lipinski definition) is 10. The van der Waals surface area contributed by atoms with Gasteiger partial charge in [-0.3, -0.25) is 14.4 Å². The number of rotatable bonds is 11. The molecule has 2 aromatic rings. The molecule has 2 heterocycles. The summed E-state index contributed by atoms with van der Waals surface area (Å²) in [7, 11) is 1.43. The summed E-state index contributed by atoms with van der Waals surface area (Å²) in [6.07, 6.45) is 0.485. The van der Waals surface area contributed by atoms with Crippen LogP contribution in [-0.2, 0) is 20.9 Å². The van der Waals surface area contributed by atoms with Crippen LogP contribution >= 0.6 is 22.6 Å². The van der Waals surface area contributed by atoms with Gasteiger partial charge in [0.25, 0.3) is 5.91 Å². The van der Waals surface area contributed by atoms with Gasteiger partial charge in [-0.05, 0) is 71.3 Å². The summed E-state index contributed by atoms with van der Waals surface area (Å²) in [5.74, 6) is 0.939. The van der Waals surface area contributed by atoms with Crippen molar-refractivity contribution < 1.29 is 48.3 Å². The predicted octanol–water partition coefficient (Wildman–Crippen LogP) is 1.96. The number of hydrogen-bond donors (Lipinski definition) is 3. The maximum absolute atomic E-state index is 14.0. The van der Waals surface area contributed by atoms with Gasteiger partial charge in [-0.15, -0.1) is 0 Å². The Morgan fingerprint density at radius 1 is 1.21 bits per heavy atom. The van der Waals surface area contributed by atoms with Crippen LogP contribution in [0.25, 0.3) is 0 Å². The number of aliphatic hydroxyl groups is 2. The Kier molecular flexibility index (Phi) is 10.1. The molecule has 0 saturated carbocycles. The van der Waals surface area contributed by atoms with Gasteiger partial charge in [-0.2, -0.15) is 0 Å². The lowest BCUT2D eigenvalue weighted by Gasteiger charge is -2.41. The summed E-state index contributed by atoms with van der Waals surface area (Å²) in [4.78, 5) is 40.1. The topological polar surface area (TPSA) is 153 Å². The zero-order chi connectivity index (χ0) is 30.5. The molecule has 1 saturated heterocycles. The molecule has 0 bridgehead atoms. The first kappa shape index (κ1) is 31.0. The molecule has 13 heteroatoms. The summed E-state index contributed by atoms with van der Waals surface area (Å²) in [6, 6.07) is 7.62. The molecule has 0 radical (unpaired) electrons. The minimum Gasteiger partial charge on any atom is -0.493 e. The second kappa shape index (κ2) is 13.9. The first-order valence-electron chi connectivity index (χ1n) is 13.9. The fourth-order valence-electron chi connectivity index (χ4n) is 5.39. The molecule has 43 heavy (non-hydrogen) atoms. The van der Waals surface area contributed by atoms with Gasteiger partial charge in [0, 0.05) is 37.3 Å². The third-order valence-electron chi connectivity index (χ3n) is 7.53. The summed E-state index contributed by atoms with van der Waals surface area (Å²) < 4.78 is 29.0. The standard InChI is InChI=1S/C30H33IN2O10/c1-39-26-11-18(15-35)9-20(31)28(26)43-25-13-19(29(37)32-6-7-34)12-21(27(25)36)33(30(38)23-3-2-8-40-23)14-17-4-5-22-24(10-17)42-16-41-22/h4-5,9-11,13,15,21,23,25,27,34,36H,2-3,6-8,12,14,16H2,1H3,(H,32,37). The Morgan fingerprint density at radius 2 is 2.02 bits per heavy atom. The highest BCUT2D eigenvalue weighted by Gasteiger charge is 2.43. The van der Waals surface area contributed by atoms with E-state index in [2.05, 4.69) is 5.32 Å². The largest absolute Gasteiger partial charge is 0.493 e. The third kappa shape index (κ3) is 6.89. The molecule has 3 aliphatic rings. The molecule has 0 spiro atoms. The van der Waals surface area contributed by atoms with Crippen molar-refractivity contribution in [2.24, 2.45) is 0 Å². The Balaban J connectivity index is 1.51. The Bertz CT molecular complexity index is 1390. The van der Waals surface area contributed by atoms with Crippen molar-refractivity contribution in [2.75, 3.05) is 33.7 Å². The van der Waals surface area contributed by atoms with E-state index in [0.717, 1.165) is 12.0 Å². The van der Waals surface area contributed by atoms with Crippen molar-refractivity contribution in [3.63, 3.8) is 0 Å². The summed E-state index contributed by atoms with van der Waals surface area (Å²) in [5.41, 5.74) is 1.40. The van der Waals surface area contributed by atoms with E-state index in [-0.39, 0.29) is 55.9 Å². The Hall–Kier alpha value is -3.40. The van der Waals surface area contributed by atoms with Gasteiger partial charge in [0.1, 0.15) is 24.6 Å². The van der Waals surface area contributed by atoms with Crippen molar-refractivity contribution in [3.05, 3.63) is 56.7 Å². The number of fused-ring (bicyclic) bond motifs is 1. The molecule has 230 valence electrons. The minimum atomic E-state index is -1.26. The molecule has 5 rings (SSSR count). The number of amides is 2. The zero-order valence-electron chi connectivity index (χ0n) is 23.5. The number of aliphatic hydroxyl groups excluding tert-OH is 2. The zero-order valence-corrected chi connectivity index (χ0v) is 25.7. The van der Waals surface area contributed by atoms with Gasteiger partial charge in [-0.25, -0.2) is 0 Å². The van der Waals surface area contributed by atoms with E-state index >= 15 is 0 Å². The average Bonchev–Trinajstić information content (AvgIpc) is 3.72. The van der Waals surface area contributed by atoms with Crippen molar-refractivity contribution >= 4 is 40.7 Å². The third-order valence-corrected chi connectivity index (χ3v) is 8.34. The number of nitrogens with zero attached hydrogens (tertiary/aromatic N) is 1. The van der Waals surface area contributed by atoms with Crippen molar-refractivity contribution in [3.8, 4) is 23.0 Å². The van der Waals surface area contributed by atoms with Gasteiger partial charge < -0.3 is 44.1 Å². The van der Waals surface area contributed by atoms with E-state index in [1.807, 2.05) is 28.7 Å². The lowest BCUT2D eigenvalue weighted by atomic mass is 9.87. The molecule has 12 nitrogen and oxygen atoms in total. The van der Waals surface area contributed by atoms with Crippen molar-refractivity contribution in [1.29, 1.82) is 0 Å². The summed E-state index contributed by atoms with van der Waals surface area (Å²) in [5, 5.41) is 23.7. The number of aldehydes is 1. The number of carbonyl (C=O) groups is 3. The quantitative estimate of drug-likeness (QED) is 0.234. The minimum absolute atomic E-state index is 0.0274. The average molecular weight is 709 g/mol. The molecular weight excluding hydrogens is 675 g/mol. The monoisotopic (exact) mass is 708 g/mol. The molecule has 2 aromatic carbocycles. The normalized spacial score (nSPS) is 22.5. The fraction of sp³-hybridized carbons (Fsp3) is 0.433. The summed E-state index contributed by atoms with van der Waals surface area (Å²) >= 11 is 2.01. The van der Waals surface area contributed by atoms with Crippen LogP contribution in [0.4, 0.5) is 0 Å². The number of carbonyl (C=O) groups excluding carboxylic acids is 3. The summed E-state index contributed by atoms with van der Waals surface area (Å²) in [6.45, 7) is 0.437. The number of benzene rings is 2. The van der Waals surface area contributed by atoms with Crippen LogP contribution < -0.4 is 24.3 Å². The van der Waals surface area contributed by atoms with Gasteiger partial charge in [0.05, 0.1) is 23.3 Å². The Morgan fingerprint density at radius 3 is 2.74 bits per heavy atom. The van der Waals surface area contributed by atoms with Gasteiger partial charge >= 0.3 is 0 Å². The molecule has 3 N–H and O–H groups in total. The predicted molar refractivity (Wildman–Crippen MR) is 160 cm³/mol. The molecule has 4 atom stereocenters. The smallest absolute Gasteiger partial charge is 0.252 e. The number of halogens is 1. The second-order valence-electron chi connectivity index (χ2n) is 10.3. The van der Waals surface area contributed by atoms with Crippen LogP contribution in [0.5, 0.6) is 23.0 Å². The molecule has 1 aliphatic carbocycles. The van der Waals surface area contributed by atoms with Crippen LogP contribution in [0, 0.1) is 3.57 Å². The lowest BCUT2D eigenvalue weighted by molar-refractivity contribution is -0.149. The highest BCUT2D eigenvalue weighted by Crippen LogP contribution is 2.38.